The van der Waals surface area contributed by atoms with Gasteiger partial charge in [-0.25, -0.2) is 12.8 Å². The van der Waals surface area contributed by atoms with E-state index in [1.54, 1.807) is 31.2 Å². The van der Waals surface area contributed by atoms with E-state index >= 15 is 0 Å². The van der Waals surface area contributed by atoms with Crippen LogP contribution in [0.15, 0.2) is 66.7 Å². The first-order valence-corrected chi connectivity index (χ1v) is 13.2. The average molecular weight is 500 g/mol. The van der Waals surface area contributed by atoms with E-state index in [4.69, 9.17) is 0 Å². The summed E-state index contributed by atoms with van der Waals surface area (Å²) in [5, 5.41) is 4.30. The van der Waals surface area contributed by atoms with Gasteiger partial charge in [-0.2, -0.15) is 0 Å². The fraction of sp³-hybridized carbons (Fsp3) is 0.308. The van der Waals surface area contributed by atoms with E-state index in [0.717, 1.165) is 22.4 Å². The first kappa shape index (κ1) is 26.2. The largest absolute Gasteiger partial charge is 0.354 e. The van der Waals surface area contributed by atoms with Crippen molar-refractivity contribution in [3.8, 4) is 0 Å². The number of fused-ring (bicyclic) bond motifs is 1. The number of nitrogens with one attached hydrogen (secondary N) is 1. The molecular formula is C26H30FN3O4S. The topological polar surface area (TPSA) is 86.8 Å². The molecule has 3 aromatic rings. The molecule has 3 rings (SSSR count). The molecule has 0 fully saturated rings. The first-order valence-electron chi connectivity index (χ1n) is 11.4. The van der Waals surface area contributed by atoms with E-state index in [1.807, 2.05) is 25.1 Å². The first-order chi connectivity index (χ1) is 16.6. The molecule has 0 saturated heterocycles. The van der Waals surface area contributed by atoms with Crippen LogP contribution in [0.3, 0.4) is 0 Å². The van der Waals surface area contributed by atoms with Gasteiger partial charge in [-0.15, -0.1) is 0 Å². The minimum absolute atomic E-state index is 0.0208. The highest BCUT2D eigenvalue weighted by atomic mass is 32.2. The lowest BCUT2D eigenvalue weighted by Gasteiger charge is -2.31. The minimum Gasteiger partial charge on any atom is -0.354 e. The van der Waals surface area contributed by atoms with Crippen LogP contribution < -0.4 is 9.62 Å². The fourth-order valence-corrected chi connectivity index (χ4v) is 4.65. The van der Waals surface area contributed by atoms with Crippen molar-refractivity contribution in [1.29, 1.82) is 0 Å². The summed E-state index contributed by atoms with van der Waals surface area (Å²) in [6.45, 7) is 3.50. The van der Waals surface area contributed by atoms with E-state index in [0.29, 0.717) is 23.2 Å². The lowest BCUT2D eigenvalue weighted by Crippen LogP contribution is -2.51. The normalized spacial score (nSPS) is 12.2. The molecular weight excluding hydrogens is 469 g/mol. The lowest BCUT2D eigenvalue weighted by molar-refractivity contribution is -0.139. The molecule has 0 unspecified atom stereocenters. The van der Waals surface area contributed by atoms with E-state index in [9.17, 15) is 22.4 Å². The summed E-state index contributed by atoms with van der Waals surface area (Å²) < 4.78 is 40.1. The van der Waals surface area contributed by atoms with Gasteiger partial charge in [0.05, 0.1) is 11.9 Å². The summed E-state index contributed by atoms with van der Waals surface area (Å²) in [6.07, 6.45) is 1.77. The van der Waals surface area contributed by atoms with Gasteiger partial charge >= 0.3 is 0 Å². The molecule has 0 aliphatic heterocycles. The molecule has 35 heavy (non-hydrogen) atoms. The summed E-state index contributed by atoms with van der Waals surface area (Å²) in [7, 11) is -3.84. The minimum atomic E-state index is -3.84. The highest BCUT2D eigenvalue weighted by molar-refractivity contribution is 7.92. The number of nitrogens with zero attached hydrogens (tertiary/aromatic N) is 2. The van der Waals surface area contributed by atoms with Crippen LogP contribution in [0.4, 0.5) is 10.1 Å². The zero-order valence-corrected chi connectivity index (χ0v) is 20.9. The second-order valence-corrected chi connectivity index (χ2v) is 10.3. The summed E-state index contributed by atoms with van der Waals surface area (Å²) in [5.74, 6) is -1.32. The quantitative estimate of drug-likeness (QED) is 0.461. The van der Waals surface area contributed by atoms with Gasteiger partial charge in [-0.1, -0.05) is 55.5 Å². The van der Waals surface area contributed by atoms with Crippen LogP contribution in [0.25, 0.3) is 10.8 Å². The monoisotopic (exact) mass is 499 g/mol. The predicted octanol–water partition coefficient (Wildman–Crippen LogP) is 3.69. The third-order valence-corrected chi connectivity index (χ3v) is 6.82. The third-order valence-electron chi connectivity index (χ3n) is 5.70. The van der Waals surface area contributed by atoms with Gasteiger partial charge in [0.2, 0.25) is 21.8 Å². The molecule has 3 aromatic carbocycles. The molecule has 0 saturated carbocycles. The van der Waals surface area contributed by atoms with Gasteiger partial charge in [0.1, 0.15) is 18.4 Å². The molecule has 2 amide bonds. The van der Waals surface area contributed by atoms with Crippen molar-refractivity contribution in [2.24, 2.45) is 0 Å². The Kier molecular flexibility index (Phi) is 8.45. The highest BCUT2D eigenvalue weighted by Gasteiger charge is 2.30. The molecule has 9 heteroatoms. The number of anilines is 1. The number of amides is 2. The Balaban J connectivity index is 1.97. The Morgan fingerprint density at radius 2 is 1.66 bits per heavy atom. The van der Waals surface area contributed by atoms with Gasteiger partial charge in [-0.3, -0.25) is 13.9 Å². The van der Waals surface area contributed by atoms with Gasteiger partial charge in [0.15, 0.2) is 0 Å². The number of carbonyl (C=O) groups is 2. The number of sulfonamides is 1. The molecule has 0 aliphatic carbocycles. The molecule has 0 bridgehead atoms. The molecule has 0 spiro atoms. The SMILES string of the molecule is CCCNC(=O)[C@@H](C)N(Cc1ccc(F)cc1)C(=O)CN(c1cccc2ccccc12)S(C)(=O)=O. The van der Waals surface area contributed by atoms with Crippen LogP contribution in [0.5, 0.6) is 0 Å². The Morgan fingerprint density at radius 1 is 1.00 bits per heavy atom. The van der Waals surface area contributed by atoms with Crippen LogP contribution in [0.2, 0.25) is 0 Å². The molecule has 1 N–H and O–H groups in total. The maximum Gasteiger partial charge on any atom is 0.244 e. The summed E-state index contributed by atoms with van der Waals surface area (Å²) in [6, 6.07) is 17.3. The molecule has 186 valence electrons. The second kappa shape index (κ2) is 11.3. The van der Waals surface area contributed by atoms with Crippen molar-refractivity contribution >= 4 is 38.3 Å². The van der Waals surface area contributed by atoms with E-state index in [-0.39, 0.29) is 12.5 Å². The van der Waals surface area contributed by atoms with Gasteiger partial charge < -0.3 is 10.2 Å². The number of halogens is 1. The number of rotatable bonds is 10. The number of hydrogen-bond donors (Lipinski definition) is 1. The van der Waals surface area contributed by atoms with Crippen LogP contribution in [0.1, 0.15) is 25.8 Å². The summed E-state index contributed by atoms with van der Waals surface area (Å²) in [4.78, 5) is 27.6. The van der Waals surface area contributed by atoms with Gasteiger partial charge in [0, 0.05) is 18.5 Å². The molecule has 0 aliphatic rings. The maximum atomic E-state index is 13.6. The van der Waals surface area contributed by atoms with Crippen LogP contribution in [-0.2, 0) is 26.2 Å². The standard InChI is InChI=1S/C26H30FN3O4S/c1-4-16-28-26(32)19(2)29(17-20-12-14-22(27)15-13-20)25(31)18-30(35(3,33)34)24-11-7-9-21-8-5-6-10-23(21)24/h5-15,19H,4,16-18H2,1-3H3,(H,28,32)/t19-/m1/s1. The average Bonchev–Trinajstić information content (AvgIpc) is 2.84. The molecule has 0 aromatic heterocycles. The van der Waals surface area contributed by atoms with Crippen LogP contribution in [-0.4, -0.2) is 50.5 Å². The fourth-order valence-electron chi connectivity index (χ4n) is 3.79. The number of carbonyl (C=O) groups excluding carboxylic acids is 2. The number of benzene rings is 3. The zero-order chi connectivity index (χ0) is 25.6. The van der Waals surface area contributed by atoms with E-state index < -0.39 is 34.3 Å². The molecule has 7 nitrogen and oxygen atoms in total. The Labute approximate surface area is 205 Å². The van der Waals surface area contributed by atoms with Crippen LogP contribution in [0, 0.1) is 5.82 Å². The number of hydrogen-bond acceptors (Lipinski definition) is 4. The molecule has 0 radical (unpaired) electrons. The smallest absolute Gasteiger partial charge is 0.244 e. The van der Waals surface area contributed by atoms with Gasteiger partial charge in [-0.05, 0) is 42.5 Å². The van der Waals surface area contributed by atoms with Crippen molar-refractivity contribution in [2.45, 2.75) is 32.9 Å². The van der Waals surface area contributed by atoms with Crippen molar-refractivity contribution in [3.05, 3.63) is 78.1 Å². The van der Waals surface area contributed by atoms with E-state index in [1.165, 1.54) is 29.2 Å². The third kappa shape index (κ3) is 6.57. The lowest BCUT2D eigenvalue weighted by atomic mass is 10.1. The Hall–Kier alpha value is -3.46. The summed E-state index contributed by atoms with van der Waals surface area (Å²) in [5.41, 5.74) is 0.995. The molecule has 1 atom stereocenters. The summed E-state index contributed by atoms with van der Waals surface area (Å²) >= 11 is 0. The Bertz CT molecular complexity index is 1290. The van der Waals surface area contributed by atoms with E-state index in [2.05, 4.69) is 5.32 Å². The Morgan fingerprint density at radius 3 is 2.31 bits per heavy atom. The van der Waals surface area contributed by atoms with Crippen molar-refractivity contribution in [3.63, 3.8) is 0 Å². The second-order valence-electron chi connectivity index (χ2n) is 8.38. The zero-order valence-electron chi connectivity index (χ0n) is 20.1. The molecule has 0 heterocycles. The van der Waals surface area contributed by atoms with Crippen molar-refractivity contribution < 1.29 is 22.4 Å². The maximum absolute atomic E-state index is 13.6. The predicted molar refractivity (Wildman–Crippen MR) is 136 cm³/mol. The highest BCUT2D eigenvalue weighted by Crippen LogP contribution is 2.28. The van der Waals surface area contributed by atoms with Crippen molar-refractivity contribution in [2.75, 3.05) is 23.7 Å². The van der Waals surface area contributed by atoms with Crippen LogP contribution >= 0.6 is 0 Å². The van der Waals surface area contributed by atoms with Crippen molar-refractivity contribution in [1.82, 2.24) is 10.2 Å². The van der Waals surface area contributed by atoms with Gasteiger partial charge in [0.25, 0.3) is 0 Å².